The van der Waals surface area contributed by atoms with Crippen LogP contribution in [-0.2, 0) is 0 Å². The zero-order valence-corrected chi connectivity index (χ0v) is 10.5. The van der Waals surface area contributed by atoms with Gasteiger partial charge in [-0.15, -0.1) is 0 Å². The summed E-state index contributed by atoms with van der Waals surface area (Å²) < 4.78 is 0. The summed E-state index contributed by atoms with van der Waals surface area (Å²) in [6.07, 6.45) is 10.3. The Morgan fingerprint density at radius 1 is 1.00 bits per heavy atom. The van der Waals surface area contributed by atoms with Gasteiger partial charge in [0.1, 0.15) is 0 Å². The molecule has 1 saturated heterocycles. The van der Waals surface area contributed by atoms with Gasteiger partial charge in [-0.25, -0.2) is 0 Å². The van der Waals surface area contributed by atoms with Gasteiger partial charge >= 0.3 is 0 Å². The minimum absolute atomic E-state index is 0.893. The Bertz CT molecular complexity index is 221. The van der Waals surface area contributed by atoms with E-state index in [0.29, 0.717) is 0 Å². The second-order valence-electron chi connectivity index (χ2n) is 6.22. The van der Waals surface area contributed by atoms with Crippen molar-refractivity contribution < 1.29 is 0 Å². The van der Waals surface area contributed by atoms with Crippen LogP contribution in [0.1, 0.15) is 44.9 Å². The second kappa shape index (κ2) is 5.05. The minimum atomic E-state index is 0.893. The van der Waals surface area contributed by atoms with Crippen molar-refractivity contribution in [1.29, 1.82) is 0 Å². The lowest BCUT2D eigenvalue weighted by Gasteiger charge is -2.16. The van der Waals surface area contributed by atoms with Crippen LogP contribution < -0.4 is 5.32 Å². The summed E-state index contributed by atoms with van der Waals surface area (Å²) in [4.78, 5) is 2.70. The molecule has 0 bridgehead atoms. The van der Waals surface area contributed by atoms with Gasteiger partial charge in [-0.05, 0) is 63.6 Å². The Morgan fingerprint density at radius 2 is 1.88 bits per heavy atom. The van der Waals surface area contributed by atoms with Gasteiger partial charge in [0.25, 0.3) is 0 Å². The highest BCUT2D eigenvalue weighted by Gasteiger charge is 2.26. The highest BCUT2D eigenvalue weighted by atomic mass is 15.1. The average molecular weight is 222 g/mol. The Hall–Kier alpha value is -0.0800. The van der Waals surface area contributed by atoms with Gasteiger partial charge in [0, 0.05) is 12.6 Å². The fourth-order valence-electron chi connectivity index (χ4n) is 2.91. The molecule has 2 aliphatic carbocycles. The van der Waals surface area contributed by atoms with Crippen LogP contribution in [0.2, 0.25) is 0 Å². The van der Waals surface area contributed by atoms with E-state index < -0.39 is 0 Å². The smallest absolute Gasteiger partial charge is 0.00683 e. The van der Waals surface area contributed by atoms with Crippen molar-refractivity contribution in [2.45, 2.75) is 51.0 Å². The number of hydrogen-bond donors (Lipinski definition) is 1. The molecule has 1 atom stereocenters. The molecule has 92 valence electrons. The van der Waals surface area contributed by atoms with Crippen molar-refractivity contribution in [2.24, 2.45) is 11.8 Å². The first-order valence-corrected chi connectivity index (χ1v) is 7.36. The molecule has 0 spiro atoms. The van der Waals surface area contributed by atoms with Gasteiger partial charge in [0.05, 0.1) is 0 Å². The van der Waals surface area contributed by atoms with Crippen molar-refractivity contribution in [1.82, 2.24) is 10.2 Å². The van der Waals surface area contributed by atoms with Crippen molar-refractivity contribution >= 4 is 0 Å². The lowest BCUT2D eigenvalue weighted by atomic mass is 10.1. The molecule has 1 N–H and O–H groups in total. The predicted octanol–water partition coefficient (Wildman–Crippen LogP) is 2.25. The molecule has 3 aliphatic rings. The number of likely N-dealkylation sites (tertiary alicyclic amines) is 1. The molecule has 0 amide bonds. The lowest BCUT2D eigenvalue weighted by molar-refractivity contribution is 0.311. The molecular formula is C14H26N2. The molecule has 1 heterocycles. The fraction of sp³-hybridized carbons (Fsp3) is 1.00. The molecule has 0 aromatic carbocycles. The molecule has 1 unspecified atom stereocenters. The van der Waals surface area contributed by atoms with E-state index in [2.05, 4.69) is 10.2 Å². The number of hydrogen-bond acceptors (Lipinski definition) is 2. The maximum absolute atomic E-state index is 3.68. The molecule has 3 rings (SSSR count). The predicted molar refractivity (Wildman–Crippen MR) is 67.5 cm³/mol. The van der Waals surface area contributed by atoms with Crippen molar-refractivity contribution in [2.75, 3.05) is 26.2 Å². The van der Waals surface area contributed by atoms with Crippen LogP contribution in [0, 0.1) is 11.8 Å². The van der Waals surface area contributed by atoms with Crippen molar-refractivity contribution in [3.63, 3.8) is 0 Å². The van der Waals surface area contributed by atoms with E-state index in [9.17, 15) is 0 Å². The third-order valence-corrected chi connectivity index (χ3v) is 4.43. The monoisotopic (exact) mass is 222 g/mol. The Kier molecular flexibility index (Phi) is 3.49. The highest BCUT2D eigenvalue weighted by molar-refractivity contribution is 4.84. The first-order valence-electron chi connectivity index (χ1n) is 7.36. The van der Waals surface area contributed by atoms with Gasteiger partial charge in [-0.2, -0.15) is 0 Å². The Labute approximate surface area is 99.8 Å². The number of nitrogens with one attached hydrogen (secondary N) is 1. The van der Waals surface area contributed by atoms with Crippen LogP contribution in [-0.4, -0.2) is 37.1 Å². The van der Waals surface area contributed by atoms with Gasteiger partial charge in [-0.1, -0.05) is 12.8 Å². The zero-order valence-electron chi connectivity index (χ0n) is 10.5. The molecule has 1 aliphatic heterocycles. The molecule has 2 saturated carbocycles. The Balaban J connectivity index is 1.26. The summed E-state index contributed by atoms with van der Waals surface area (Å²) >= 11 is 0. The molecule has 3 fully saturated rings. The van der Waals surface area contributed by atoms with Crippen molar-refractivity contribution in [3.8, 4) is 0 Å². The number of rotatable bonds is 7. The molecular weight excluding hydrogens is 196 g/mol. The van der Waals surface area contributed by atoms with Crippen LogP contribution in [0.5, 0.6) is 0 Å². The highest BCUT2D eigenvalue weighted by Crippen LogP contribution is 2.33. The normalized spacial score (nSPS) is 31.1. The maximum Gasteiger partial charge on any atom is 0.00683 e. The molecule has 2 heteroatoms. The summed E-state index contributed by atoms with van der Waals surface area (Å²) in [7, 11) is 0. The summed E-state index contributed by atoms with van der Waals surface area (Å²) in [6.45, 7) is 5.38. The molecule has 16 heavy (non-hydrogen) atoms. The van der Waals surface area contributed by atoms with E-state index in [1.165, 1.54) is 71.1 Å². The largest absolute Gasteiger partial charge is 0.314 e. The third-order valence-electron chi connectivity index (χ3n) is 4.43. The topological polar surface area (TPSA) is 15.3 Å². The quantitative estimate of drug-likeness (QED) is 0.711. The first-order chi connectivity index (χ1) is 7.90. The third kappa shape index (κ3) is 3.46. The van der Waals surface area contributed by atoms with Crippen LogP contribution in [0.3, 0.4) is 0 Å². The summed E-state index contributed by atoms with van der Waals surface area (Å²) in [5.74, 6) is 2.07. The lowest BCUT2D eigenvalue weighted by Crippen LogP contribution is -2.28. The van der Waals surface area contributed by atoms with E-state index >= 15 is 0 Å². The second-order valence-corrected chi connectivity index (χ2v) is 6.22. The minimum Gasteiger partial charge on any atom is -0.314 e. The maximum atomic E-state index is 3.68. The van der Waals surface area contributed by atoms with Crippen LogP contribution in [0.4, 0.5) is 0 Å². The van der Waals surface area contributed by atoms with Gasteiger partial charge in [0.15, 0.2) is 0 Å². The Morgan fingerprint density at radius 3 is 2.62 bits per heavy atom. The molecule has 0 aromatic heterocycles. The van der Waals surface area contributed by atoms with E-state index in [1.807, 2.05) is 0 Å². The van der Waals surface area contributed by atoms with Gasteiger partial charge in [0.2, 0.25) is 0 Å². The van der Waals surface area contributed by atoms with E-state index in [4.69, 9.17) is 0 Å². The summed E-state index contributed by atoms with van der Waals surface area (Å²) in [6, 6.07) is 0.893. The summed E-state index contributed by atoms with van der Waals surface area (Å²) in [5, 5.41) is 3.68. The summed E-state index contributed by atoms with van der Waals surface area (Å²) in [5.41, 5.74) is 0. The molecule has 0 aromatic rings. The fourth-order valence-corrected chi connectivity index (χ4v) is 2.91. The van der Waals surface area contributed by atoms with Crippen LogP contribution in [0.15, 0.2) is 0 Å². The van der Waals surface area contributed by atoms with E-state index in [-0.39, 0.29) is 0 Å². The van der Waals surface area contributed by atoms with Crippen LogP contribution >= 0.6 is 0 Å². The van der Waals surface area contributed by atoms with E-state index in [0.717, 1.165) is 17.9 Å². The average Bonchev–Trinajstić information content (AvgIpc) is 3.18. The number of nitrogens with zero attached hydrogens (tertiary/aromatic N) is 1. The molecule has 0 radical (unpaired) electrons. The van der Waals surface area contributed by atoms with Crippen LogP contribution in [0.25, 0.3) is 0 Å². The van der Waals surface area contributed by atoms with Gasteiger partial charge in [-0.3, -0.25) is 0 Å². The standard InChI is InChI=1S/C14H26N2/c1(2-12-3-4-12)8-16-9-7-13(11-16)10-15-14-5-6-14/h12-15H,1-11H2. The van der Waals surface area contributed by atoms with Gasteiger partial charge < -0.3 is 10.2 Å². The van der Waals surface area contributed by atoms with E-state index in [1.54, 1.807) is 0 Å². The van der Waals surface area contributed by atoms with Crippen molar-refractivity contribution in [3.05, 3.63) is 0 Å². The molecule has 2 nitrogen and oxygen atoms in total. The SMILES string of the molecule is C(CC1CC1)CN1CCC(CNC2CC2)C1. The first kappa shape index (κ1) is 11.0. The zero-order chi connectivity index (χ0) is 10.8.